The summed E-state index contributed by atoms with van der Waals surface area (Å²) < 4.78 is 0. The fraction of sp³-hybridized carbons (Fsp3) is 0.250. The summed E-state index contributed by atoms with van der Waals surface area (Å²) in [5, 5.41) is 0.863. The molecule has 0 bridgehead atoms. The lowest BCUT2D eigenvalue weighted by Crippen LogP contribution is -2.02. The molecule has 0 aliphatic heterocycles. The molecular weight excluding hydrogens is 179 g/mol. The Morgan fingerprint density at radius 3 is 2.45 bits per heavy atom. The summed E-state index contributed by atoms with van der Waals surface area (Å²) in [6, 6.07) is 5.90. The molecule has 3 heteroatoms. The standard InChI is InChI=1S/C8H10ClOP/c1-6-3-4-7(2)8(5-6)11(9)10/h3-5,10H,1-2H3. The number of rotatable bonds is 1. The molecule has 0 saturated carbocycles. The number of benzene rings is 1. The number of aryl methyl sites for hydroxylation is 2. The van der Waals surface area contributed by atoms with E-state index < -0.39 is 7.50 Å². The Balaban J connectivity index is 3.13. The summed E-state index contributed by atoms with van der Waals surface area (Å²) >= 11 is 5.60. The van der Waals surface area contributed by atoms with Gasteiger partial charge in [0, 0.05) is 5.30 Å². The molecule has 1 unspecified atom stereocenters. The van der Waals surface area contributed by atoms with Gasteiger partial charge in [-0.3, -0.25) is 0 Å². The van der Waals surface area contributed by atoms with Crippen molar-refractivity contribution in [1.29, 1.82) is 0 Å². The van der Waals surface area contributed by atoms with E-state index in [9.17, 15) is 0 Å². The van der Waals surface area contributed by atoms with E-state index in [0.717, 1.165) is 16.4 Å². The molecule has 0 fully saturated rings. The van der Waals surface area contributed by atoms with Crippen molar-refractivity contribution in [2.24, 2.45) is 0 Å². The lowest BCUT2D eigenvalue weighted by molar-refractivity contribution is 0.649. The molecule has 0 heterocycles. The molecule has 1 nitrogen and oxygen atoms in total. The molecule has 0 spiro atoms. The van der Waals surface area contributed by atoms with E-state index in [1.165, 1.54) is 0 Å². The number of hydrogen-bond donors (Lipinski definition) is 1. The molecule has 1 aromatic carbocycles. The average molecular weight is 189 g/mol. The molecule has 0 aliphatic rings. The van der Waals surface area contributed by atoms with Crippen molar-refractivity contribution in [3.8, 4) is 0 Å². The molecule has 0 aromatic heterocycles. The normalized spacial score (nSPS) is 13.1. The van der Waals surface area contributed by atoms with Crippen LogP contribution in [0.1, 0.15) is 11.1 Å². The summed E-state index contributed by atoms with van der Waals surface area (Å²) in [6.45, 7) is 3.93. The van der Waals surface area contributed by atoms with Crippen LogP contribution in [-0.2, 0) is 0 Å². The van der Waals surface area contributed by atoms with Gasteiger partial charge >= 0.3 is 0 Å². The summed E-state index contributed by atoms with van der Waals surface area (Å²) in [4.78, 5) is 9.16. The van der Waals surface area contributed by atoms with Gasteiger partial charge in [-0.1, -0.05) is 28.9 Å². The van der Waals surface area contributed by atoms with Gasteiger partial charge in [-0.2, -0.15) is 0 Å². The van der Waals surface area contributed by atoms with Crippen LogP contribution in [-0.4, -0.2) is 4.89 Å². The van der Waals surface area contributed by atoms with Crippen LogP contribution in [0.4, 0.5) is 0 Å². The first-order valence-corrected chi connectivity index (χ1v) is 5.53. The van der Waals surface area contributed by atoms with Gasteiger partial charge in [0.25, 0.3) is 0 Å². The van der Waals surface area contributed by atoms with E-state index >= 15 is 0 Å². The Hall–Kier alpha value is -0.100. The van der Waals surface area contributed by atoms with Crippen LogP contribution in [0.15, 0.2) is 18.2 Å². The maximum absolute atomic E-state index is 9.16. The number of hydrogen-bond acceptors (Lipinski definition) is 1. The van der Waals surface area contributed by atoms with Gasteiger partial charge in [-0.25, -0.2) is 0 Å². The predicted octanol–water partition coefficient (Wildman–Crippen LogP) is 2.47. The van der Waals surface area contributed by atoms with Crippen LogP contribution >= 0.6 is 18.7 Å². The molecule has 1 atom stereocenters. The Labute approximate surface area is 72.6 Å². The molecule has 0 amide bonds. The van der Waals surface area contributed by atoms with Crippen molar-refractivity contribution in [1.82, 2.24) is 0 Å². The van der Waals surface area contributed by atoms with Crippen molar-refractivity contribution in [3.05, 3.63) is 29.3 Å². The first-order chi connectivity index (χ1) is 5.11. The van der Waals surface area contributed by atoms with Crippen LogP contribution in [0.25, 0.3) is 0 Å². The summed E-state index contributed by atoms with van der Waals surface area (Å²) in [7, 11) is -1.46. The molecule has 60 valence electrons. The van der Waals surface area contributed by atoms with Gasteiger partial charge in [0.2, 0.25) is 0 Å². The van der Waals surface area contributed by atoms with Crippen molar-refractivity contribution < 1.29 is 4.89 Å². The lowest BCUT2D eigenvalue weighted by atomic mass is 10.2. The molecular formula is C8H10ClOP. The third-order valence-electron chi connectivity index (χ3n) is 1.56. The van der Waals surface area contributed by atoms with Gasteiger partial charge in [-0.15, -0.1) is 0 Å². The van der Waals surface area contributed by atoms with Crippen LogP contribution in [0.5, 0.6) is 0 Å². The highest BCUT2D eigenvalue weighted by atomic mass is 35.7. The van der Waals surface area contributed by atoms with Gasteiger partial charge in [-0.05, 0) is 25.5 Å². The summed E-state index contributed by atoms with van der Waals surface area (Å²) in [5.41, 5.74) is 2.19. The highest BCUT2D eigenvalue weighted by Gasteiger charge is 2.06. The fourth-order valence-electron chi connectivity index (χ4n) is 0.918. The minimum Gasteiger partial charge on any atom is -0.356 e. The second-order valence-electron chi connectivity index (χ2n) is 2.55. The molecule has 0 aliphatic carbocycles. The highest BCUT2D eigenvalue weighted by Crippen LogP contribution is 2.35. The van der Waals surface area contributed by atoms with Crippen LogP contribution in [0.2, 0.25) is 0 Å². The van der Waals surface area contributed by atoms with E-state index in [-0.39, 0.29) is 0 Å². The lowest BCUT2D eigenvalue weighted by Gasteiger charge is -2.06. The Bertz CT molecular complexity index is 260. The molecule has 0 saturated heterocycles. The smallest absolute Gasteiger partial charge is 0.154 e. The first kappa shape index (κ1) is 8.99. The van der Waals surface area contributed by atoms with Crippen molar-refractivity contribution in [2.45, 2.75) is 13.8 Å². The van der Waals surface area contributed by atoms with Crippen molar-refractivity contribution >= 4 is 24.0 Å². The second kappa shape index (κ2) is 3.53. The summed E-state index contributed by atoms with van der Waals surface area (Å²) in [6.07, 6.45) is 0. The minimum absolute atomic E-state index is 0.863. The third-order valence-corrected chi connectivity index (χ3v) is 2.99. The van der Waals surface area contributed by atoms with Crippen molar-refractivity contribution in [2.75, 3.05) is 0 Å². The van der Waals surface area contributed by atoms with Gasteiger partial charge in [0.05, 0.1) is 0 Å². The molecule has 1 aromatic rings. The van der Waals surface area contributed by atoms with E-state index in [1.807, 2.05) is 32.0 Å². The largest absolute Gasteiger partial charge is 0.356 e. The maximum Gasteiger partial charge on any atom is 0.154 e. The van der Waals surface area contributed by atoms with E-state index in [0.29, 0.717) is 0 Å². The van der Waals surface area contributed by atoms with Crippen molar-refractivity contribution in [3.63, 3.8) is 0 Å². The van der Waals surface area contributed by atoms with E-state index in [2.05, 4.69) is 0 Å². The molecule has 0 radical (unpaired) electrons. The molecule has 1 N–H and O–H groups in total. The van der Waals surface area contributed by atoms with Gasteiger partial charge < -0.3 is 4.89 Å². The van der Waals surface area contributed by atoms with Gasteiger partial charge in [0.15, 0.2) is 7.50 Å². The maximum atomic E-state index is 9.16. The van der Waals surface area contributed by atoms with E-state index in [4.69, 9.17) is 16.1 Å². The Morgan fingerprint density at radius 1 is 1.36 bits per heavy atom. The topological polar surface area (TPSA) is 20.2 Å². The minimum atomic E-state index is -1.46. The zero-order valence-electron chi connectivity index (χ0n) is 6.50. The molecule has 11 heavy (non-hydrogen) atoms. The Morgan fingerprint density at radius 2 is 2.00 bits per heavy atom. The zero-order chi connectivity index (χ0) is 8.43. The third kappa shape index (κ3) is 2.16. The monoisotopic (exact) mass is 188 g/mol. The number of halogens is 1. The predicted molar refractivity (Wildman–Crippen MR) is 50.5 cm³/mol. The van der Waals surface area contributed by atoms with Gasteiger partial charge in [0.1, 0.15) is 0 Å². The van der Waals surface area contributed by atoms with Crippen LogP contribution in [0, 0.1) is 13.8 Å². The van der Waals surface area contributed by atoms with Crippen LogP contribution < -0.4 is 5.30 Å². The second-order valence-corrected chi connectivity index (χ2v) is 4.51. The first-order valence-electron chi connectivity index (χ1n) is 3.33. The average Bonchev–Trinajstić information content (AvgIpc) is 1.94. The SMILES string of the molecule is Cc1ccc(C)c(P(O)Cl)c1. The highest BCUT2D eigenvalue weighted by molar-refractivity contribution is 7.85. The van der Waals surface area contributed by atoms with Crippen LogP contribution in [0.3, 0.4) is 0 Å². The zero-order valence-corrected chi connectivity index (χ0v) is 8.15. The summed E-state index contributed by atoms with van der Waals surface area (Å²) in [5.74, 6) is 0. The fourth-order valence-corrected chi connectivity index (χ4v) is 2.14. The van der Waals surface area contributed by atoms with E-state index in [1.54, 1.807) is 0 Å². The molecule has 1 rings (SSSR count). The quantitative estimate of drug-likeness (QED) is 0.672. The Kier molecular flexibility index (Phi) is 2.89.